The van der Waals surface area contributed by atoms with Crippen molar-refractivity contribution in [2.45, 2.75) is 25.6 Å². The van der Waals surface area contributed by atoms with Gasteiger partial charge >= 0.3 is 0 Å². The Hall–Kier alpha value is -0.520. The Labute approximate surface area is 135 Å². The monoisotopic (exact) mass is 333 g/mol. The first-order valence-electron chi connectivity index (χ1n) is 7.12. The zero-order chi connectivity index (χ0) is 15.4. The van der Waals surface area contributed by atoms with Gasteiger partial charge in [-0.15, -0.1) is 0 Å². The second kappa shape index (κ2) is 7.65. The van der Waals surface area contributed by atoms with Gasteiger partial charge in [-0.3, -0.25) is 0 Å². The molecule has 2 N–H and O–H groups in total. The number of benzene rings is 1. The van der Waals surface area contributed by atoms with E-state index in [4.69, 9.17) is 27.9 Å². The van der Waals surface area contributed by atoms with Crippen LogP contribution in [0.3, 0.4) is 0 Å². The number of nitrogens with zero attached hydrogens (tertiary/aromatic N) is 1. The minimum Gasteiger partial charge on any atom is -0.488 e. The van der Waals surface area contributed by atoms with E-state index in [2.05, 4.69) is 4.90 Å². The molecule has 1 fully saturated rings. The number of likely N-dealkylation sites (tertiary alicyclic amines) is 1. The molecular formula is C15H21Cl2NO3. The fourth-order valence-electron chi connectivity index (χ4n) is 2.57. The Bertz CT molecular complexity index is 450. The predicted molar refractivity (Wildman–Crippen MR) is 84.2 cm³/mol. The summed E-state index contributed by atoms with van der Waals surface area (Å²) in [7, 11) is 0. The van der Waals surface area contributed by atoms with Gasteiger partial charge in [-0.25, -0.2) is 0 Å². The maximum absolute atomic E-state index is 10.1. The fraction of sp³-hybridized carbons (Fsp3) is 0.600. The lowest BCUT2D eigenvalue weighted by Crippen LogP contribution is -2.35. The molecule has 1 aliphatic heterocycles. The van der Waals surface area contributed by atoms with Gasteiger partial charge < -0.3 is 19.8 Å². The molecule has 3 atom stereocenters. The van der Waals surface area contributed by atoms with E-state index < -0.39 is 6.10 Å². The summed E-state index contributed by atoms with van der Waals surface area (Å²) in [5.74, 6) is 0.694. The summed E-state index contributed by atoms with van der Waals surface area (Å²) in [5.41, 5.74) is 0. The van der Waals surface area contributed by atoms with Crippen molar-refractivity contribution in [3.8, 4) is 5.75 Å². The second-order valence-electron chi connectivity index (χ2n) is 5.56. The third-order valence-electron chi connectivity index (χ3n) is 3.80. The van der Waals surface area contributed by atoms with Crippen molar-refractivity contribution in [2.24, 2.45) is 5.92 Å². The lowest BCUT2D eigenvalue weighted by molar-refractivity contribution is 0.0697. The minimum atomic E-state index is -0.620. The minimum absolute atomic E-state index is 0.138. The van der Waals surface area contributed by atoms with Crippen molar-refractivity contribution in [1.82, 2.24) is 4.90 Å². The summed E-state index contributed by atoms with van der Waals surface area (Å²) in [5, 5.41) is 20.5. The average Bonchev–Trinajstić information content (AvgIpc) is 2.87. The van der Waals surface area contributed by atoms with Gasteiger partial charge in [-0.05, 0) is 37.9 Å². The van der Waals surface area contributed by atoms with Crippen LogP contribution < -0.4 is 4.74 Å². The Balaban J connectivity index is 1.79. The molecule has 118 valence electrons. The van der Waals surface area contributed by atoms with E-state index in [1.54, 1.807) is 18.2 Å². The molecule has 1 saturated heterocycles. The van der Waals surface area contributed by atoms with E-state index >= 15 is 0 Å². The lowest BCUT2D eigenvalue weighted by atomic mass is 10.0. The molecule has 3 unspecified atom stereocenters. The highest BCUT2D eigenvalue weighted by Gasteiger charge is 2.27. The first-order valence-corrected chi connectivity index (χ1v) is 7.88. The van der Waals surface area contributed by atoms with Crippen LogP contribution in [0.5, 0.6) is 5.75 Å². The standard InChI is InChI=1S/C15H21Cl2NO3/c1-10(19)11-5-6-18(7-11)8-12(20)9-21-15-13(16)3-2-4-14(15)17/h2-4,10-12,19-20H,5-9H2,1H3. The topological polar surface area (TPSA) is 52.9 Å². The molecule has 0 saturated carbocycles. The molecular weight excluding hydrogens is 313 g/mol. The van der Waals surface area contributed by atoms with Crippen molar-refractivity contribution in [3.63, 3.8) is 0 Å². The maximum Gasteiger partial charge on any atom is 0.156 e. The van der Waals surface area contributed by atoms with Gasteiger partial charge in [0.05, 0.1) is 16.1 Å². The molecule has 1 heterocycles. The highest BCUT2D eigenvalue weighted by Crippen LogP contribution is 2.32. The van der Waals surface area contributed by atoms with Crippen LogP contribution in [0.2, 0.25) is 10.0 Å². The van der Waals surface area contributed by atoms with Gasteiger partial charge in [0.25, 0.3) is 0 Å². The molecule has 0 amide bonds. The molecule has 1 aromatic carbocycles. The smallest absolute Gasteiger partial charge is 0.156 e. The molecule has 0 radical (unpaired) electrons. The van der Waals surface area contributed by atoms with Gasteiger partial charge in [-0.1, -0.05) is 29.3 Å². The number of aliphatic hydroxyl groups excluding tert-OH is 2. The number of para-hydroxylation sites is 1. The molecule has 1 aromatic rings. The SMILES string of the molecule is CC(O)C1CCN(CC(O)COc2c(Cl)cccc2Cl)C1. The van der Waals surface area contributed by atoms with Crippen molar-refractivity contribution in [3.05, 3.63) is 28.2 Å². The highest BCUT2D eigenvalue weighted by atomic mass is 35.5. The van der Waals surface area contributed by atoms with E-state index in [-0.39, 0.29) is 18.6 Å². The van der Waals surface area contributed by atoms with E-state index in [1.165, 1.54) is 0 Å². The molecule has 0 aliphatic carbocycles. The van der Waals surface area contributed by atoms with Gasteiger partial charge in [0.1, 0.15) is 12.7 Å². The van der Waals surface area contributed by atoms with Crippen molar-refractivity contribution < 1.29 is 14.9 Å². The first kappa shape index (κ1) is 16.8. The summed E-state index contributed by atoms with van der Waals surface area (Å²) in [4.78, 5) is 2.14. The second-order valence-corrected chi connectivity index (χ2v) is 6.38. The van der Waals surface area contributed by atoms with Crippen LogP contribution >= 0.6 is 23.2 Å². The Morgan fingerprint density at radius 2 is 2.00 bits per heavy atom. The fourth-order valence-corrected chi connectivity index (χ4v) is 3.08. The third-order valence-corrected chi connectivity index (χ3v) is 4.39. The van der Waals surface area contributed by atoms with Crippen LogP contribution in [-0.4, -0.2) is 53.6 Å². The molecule has 0 aromatic heterocycles. The highest BCUT2D eigenvalue weighted by molar-refractivity contribution is 6.37. The van der Waals surface area contributed by atoms with Crippen molar-refractivity contribution in [2.75, 3.05) is 26.2 Å². The molecule has 0 spiro atoms. The maximum atomic E-state index is 10.1. The summed E-state index contributed by atoms with van der Waals surface area (Å²) in [6.07, 6.45) is 0.0390. The number of ether oxygens (including phenoxy) is 1. The number of β-amino-alcohol motifs (C(OH)–C–C–N with tert-alkyl or cyclic N) is 1. The Kier molecular flexibility index (Phi) is 6.14. The molecule has 21 heavy (non-hydrogen) atoms. The number of rotatable bonds is 6. The molecule has 1 aliphatic rings. The zero-order valence-corrected chi connectivity index (χ0v) is 13.5. The van der Waals surface area contributed by atoms with Crippen molar-refractivity contribution in [1.29, 1.82) is 0 Å². The van der Waals surface area contributed by atoms with E-state index in [9.17, 15) is 10.2 Å². The number of aliphatic hydroxyl groups is 2. The number of hydrogen-bond donors (Lipinski definition) is 2. The van der Waals surface area contributed by atoms with E-state index in [0.717, 1.165) is 19.5 Å². The van der Waals surface area contributed by atoms with Gasteiger partial charge in [0, 0.05) is 13.1 Å². The van der Waals surface area contributed by atoms with Crippen LogP contribution in [0.15, 0.2) is 18.2 Å². The largest absolute Gasteiger partial charge is 0.488 e. The first-order chi connectivity index (χ1) is 9.97. The normalized spacial score (nSPS) is 22.2. The van der Waals surface area contributed by atoms with Gasteiger partial charge in [0.2, 0.25) is 0 Å². The van der Waals surface area contributed by atoms with E-state index in [0.29, 0.717) is 22.3 Å². The lowest BCUT2D eigenvalue weighted by Gasteiger charge is -2.21. The molecule has 6 heteroatoms. The van der Waals surface area contributed by atoms with Gasteiger partial charge in [-0.2, -0.15) is 0 Å². The van der Waals surface area contributed by atoms with Crippen molar-refractivity contribution >= 4 is 23.2 Å². The molecule has 4 nitrogen and oxygen atoms in total. The zero-order valence-electron chi connectivity index (χ0n) is 12.0. The summed E-state index contributed by atoms with van der Waals surface area (Å²) in [6, 6.07) is 5.14. The van der Waals surface area contributed by atoms with Crippen LogP contribution in [0.1, 0.15) is 13.3 Å². The van der Waals surface area contributed by atoms with Gasteiger partial charge in [0.15, 0.2) is 5.75 Å². The quantitative estimate of drug-likeness (QED) is 0.839. The van der Waals surface area contributed by atoms with Crippen LogP contribution in [0, 0.1) is 5.92 Å². The average molecular weight is 334 g/mol. The predicted octanol–water partition coefficient (Wildman–Crippen LogP) is 2.44. The Morgan fingerprint density at radius 1 is 1.33 bits per heavy atom. The van der Waals surface area contributed by atoms with Crippen LogP contribution in [-0.2, 0) is 0 Å². The number of halogens is 2. The van der Waals surface area contributed by atoms with E-state index in [1.807, 2.05) is 6.92 Å². The third kappa shape index (κ3) is 4.73. The Morgan fingerprint density at radius 3 is 2.57 bits per heavy atom. The summed E-state index contributed by atoms with van der Waals surface area (Å²) < 4.78 is 5.52. The van der Waals surface area contributed by atoms with Crippen LogP contribution in [0.4, 0.5) is 0 Å². The van der Waals surface area contributed by atoms with Crippen LogP contribution in [0.25, 0.3) is 0 Å². The molecule has 0 bridgehead atoms. The number of hydrogen-bond acceptors (Lipinski definition) is 4. The molecule has 2 rings (SSSR count). The summed E-state index contributed by atoms with van der Waals surface area (Å²) >= 11 is 12.0. The summed E-state index contributed by atoms with van der Waals surface area (Å²) in [6.45, 7) is 4.17.